The molecule has 0 spiro atoms. The summed E-state index contributed by atoms with van der Waals surface area (Å²) < 4.78 is 0.590. The summed E-state index contributed by atoms with van der Waals surface area (Å²) in [5.74, 6) is 0. The molecule has 0 fully saturated rings. The van der Waals surface area contributed by atoms with E-state index in [1.165, 1.54) is 0 Å². The van der Waals surface area contributed by atoms with E-state index in [1.807, 2.05) is 0 Å². The van der Waals surface area contributed by atoms with Crippen LogP contribution in [0.1, 0.15) is 20.8 Å². The standard InChI is InChI=1S/C4H9.3ClH.Sn/c1-4(2)3;;;;/h1-3H3;3*1H;/q;;;;+3/p-3. The topological polar surface area (TPSA) is 0 Å². The third-order valence-corrected chi connectivity index (χ3v) is 0. The van der Waals surface area contributed by atoms with E-state index in [0.29, 0.717) is 3.43 Å². The molecule has 0 aromatic carbocycles. The quantitative estimate of drug-likeness (QED) is 0.387. The van der Waals surface area contributed by atoms with E-state index in [4.69, 9.17) is 0 Å². The van der Waals surface area contributed by atoms with E-state index in [9.17, 15) is 0 Å². The predicted octanol–water partition coefficient (Wildman–Crippen LogP) is -7.61. The fourth-order valence-corrected chi connectivity index (χ4v) is 0. The maximum atomic E-state index is 2.23. The minimum absolute atomic E-state index is 0. The Morgan fingerprint density at radius 1 is 0.875 bits per heavy atom. The monoisotopic (exact) mass is 282 g/mol. The van der Waals surface area contributed by atoms with E-state index in [2.05, 4.69) is 20.8 Å². The van der Waals surface area contributed by atoms with Crippen molar-refractivity contribution in [2.24, 2.45) is 0 Å². The van der Waals surface area contributed by atoms with Gasteiger partial charge in [-0.2, -0.15) is 0 Å². The Morgan fingerprint density at radius 2 is 0.875 bits per heavy atom. The summed E-state index contributed by atoms with van der Waals surface area (Å²) in [7, 11) is 0. The van der Waals surface area contributed by atoms with Crippen molar-refractivity contribution < 1.29 is 37.2 Å². The molecule has 0 aliphatic rings. The molecule has 0 N–H and O–H groups in total. The second-order valence-corrected chi connectivity index (χ2v) is 6.53. The van der Waals surface area contributed by atoms with Crippen LogP contribution in [-0.2, 0) is 0 Å². The Labute approximate surface area is 83.5 Å². The molecular weight excluding hydrogens is 273 g/mol. The van der Waals surface area contributed by atoms with Gasteiger partial charge in [0.15, 0.2) is 0 Å². The summed E-state index contributed by atoms with van der Waals surface area (Å²) >= 11 is 1.62. The molecule has 0 aliphatic carbocycles. The van der Waals surface area contributed by atoms with Gasteiger partial charge in [-0.25, -0.2) is 0 Å². The molecule has 0 aliphatic heterocycles. The van der Waals surface area contributed by atoms with Crippen LogP contribution in [0.25, 0.3) is 0 Å². The van der Waals surface area contributed by atoms with Crippen LogP contribution >= 0.6 is 0 Å². The number of hydrogen-bond donors (Lipinski definition) is 0. The van der Waals surface area contributed by atoms with E-state index in [-0.39, 0.29) is 37.2 Å². The summed E-state index contributed by atoms with van der Waals surface area (Å²) in [6, 6.07) is 0. The van der Waals surface area contributed by atoms with Gasteiger partial charge in [0, 0.05) is 0 Å². The van der Waals surface area contributed by atoms with E-state index < -0.39 is 0 Å². The van der Waals surface area contributed by atoms with Crippen molar-refractivity contribution in [2.45, 2.75) is 24.2 Å². The van der Waals surface area contributed by atoms with Crippen LogP contribution in [-0.4, -0.2) is 22.5 Å². The van der Waals surface area contributed by atoms with Crippen molar-refractivity contribution in [2.75, 3.05) is 0 Å². The maximum Gasteiger partial charge on any atom is -1.00 e. The molecule has 0 aromatic heterocycles. The van der Waals surface area contributed by atoms with Crippen LogP contribution in [0.3, 0.4) is 0 Å². The average Bonchev–Trinajstić information content (AvgIpc) is 0.722. The zero-order valence-corrected chi connectivity index (χ0v) is 10.3. The zero-order chi connectivity index (χ0) is 4.50. The molecular formula is C4H9Cl3Sn. The van der Waals surface area contributed by atoms with E-state index in [1.54, 1.807) is 22.5 Å². The molecule has 8 heavy (non-hydrogen) atoms. The third-order valence-electron chi connectivity index (χ3n) is 0. The predicted molar refractivity (Wildman–Crippen MR) is 25.5 cm³/mol. The van der Waals surface area contributed by atoms with Crippen molar-refractivity contribution in [1.82, 2.24) is 0 Å². The van der Waals surface area contributed by atoms with Crippen LogP contribution < -0.4 is 37.2 Å². The summed E-state index contributed by atoms with van der Waals surface area (Å²) in [5, 5.41) is 0. The van der Waals surface area contributed by atoms with Gasteiger partial charge in [-0.3, -0.25) is 0 Å². The van der Waals surface area contributed by atoms with Gasteiger partial charge in [-0.1, -0.05) is 0 Å². The molecule has 50 valence electrons. The van der Waals surface area contributed by atoms with Gasteiger partial charge in [0.05, 0.1) is 0 Å². The van der Waals surface area contributed by atoms with E-state index >= 15 is 0 Å². The van der Waals surface area contributed by atoms with Crippen LogP contribution in [0.5, 0.6) is 0 Å². The van der Waals surface area contributed by atoms with Gasteiger partial charge in [-0.05, 0) is 0 Å². The molecule has 0 unspecified atom stereocenters. The van der Waals surface area contributed by atoms with Crippen molar-refractivity contribution in [3.05, 3.63) is 0 Å². The van der Waals surface area contributed by atoms with Crippen LogP contribution in [0.2, 0.25) is 3.43 Å². The summed E-state index contributed by atoms with van der Waals surface area (Å²) in [6.45, 7) is 6.68. The van der Waals surface area contributed by atoms with Gasteiger partial charge in [0.1, 0.15) is 0 Å². The van der Waals surface area contributed by atoms with E-state index in [0.717, 1.165) is 0 Å². The Balaban J connectivity index is -0.0000000267. The molecule has 0 bridgehead atoms. The SMILES string of the molecule is C[C](C)(C)[Sn+3].[Cl-].[Cl-].[Cl-]. The summed E-state index contributed by atoms with van der Waals surface area (Å²) in [5.41, 5.74) is 0. The van der Waals surface area contributed by atoms with Crippen LogP contribution in [0, 0.1) is 0 Å². The first kappa shape index (κ1) is 22.6. The first-order valence-corrected chi connectivity index (χ1v) is 3.18. The van der Waals surface area contributed by atoms with Crippen LogP contribution in [0.4, 0.5) is 0 Å². The minimum Gasteiger partial charge on any atom is -1.00 e. The number of halogens is 3. The molecule has 0 aromatic rings. The van der Waals surface area contributed by atoms with Crippen molar-refractivity contribution >= 4 is 22.5 Å². The van der Waals surface area contributed by atoms with Crippen molar-refractivity contribution in [3.63, 3.8) is 0 Å². The normalized spacial score (nSPS) is 7.62. The minimum atomic E-state index is 0. The molecule has 0 nitrogen and oxygen atoms in total. The second kappa shape index (κ2) is 8.67. The number of rotatable bonds is 0. The molecule has 0 amide bonds. The smallest absolute Gasteiger partial charge is 1.00 e. The molecule has 0 saturated heterocycles. The Bertz CT molecular complexity index is 26.8. The van der Waals surface area contributed by atoms with Crippen molar-refractivity contribution in [1.29, 1.82) is 0 Å². The first-order valence-electron chi connectivity index (χ1n) is 1.75. The van der Waals surface area contributed by atoms with Crippen LogP contribution in [0.15, 0.2) is 0 Å². The fraction of sp³-hybridized carbons (Fsp3) is 1.00. The second-order valence-electron chi connectivity index (χ2n) is 2.25. The van der Waals surface area contributed by atoms with Gasteiger partial charge in [0.25, 0.3) is 0 Å². The average molecular weight is 282 g/mol. The summed E-state index contributed by atoms with van der Waals surface area (Å²) in [4.78, 5) is 0. The van der Waals surface area contributed by atoms with Gasteiger partial charge >= 0.3 is 46.7 Å². The first-order chi connectivity index (χ1) is 2.00. The van der Waals surface area contributed by atoms with Gasteiger partial charge in [0.2, 0.25) is 0 Å². The molecule has 0 rings (SSSR count). The molecule has 0 heterocycles. The molecule has 0 atom stereocenters. The fourth-order valence-electron chi connectivity index (χ4n) is 0. The Hall–Kier alpha value is 1.67. The Kier molecular flexibility index (Phi) is 24.5. The zero-order valence-electron chi connectivity index (χ0n) is 5.13. The maximum absolute atomic E-state index is 2.23. The molecule has 4 heteroatoms. The molecule has 0 radical (unpaired) electrons. The third kappa shape index (κ3) is 122. The largest absolute Gasteiger partial charge is 1.00 e. The van der Waals surface area contributed by atoms with Gasteiger partial charge in [-0.15, -0.1) is 0 Å². The van der Waals surface area contributed by atoms with Crippen molar-refractivity contribution in [3.8, 4) is 0 Å². The Morgan fingerprint density at radius 3 is 0.875 bits per heavy atom. The summed E-state index contributed by atoms with van der Waals surface area (Å²) in [6.07, 6.45) is 0. The van der Waals surface area contributed by atoms with Gasteiger partial charge < -0.3 is 37.2 Å². The molecule has 0 saturated carbocycles. The number of hydrogen-bond acceptors (Lipinski definition) is 0.